The average molecular weight is 511 g/mol. The first-order valence-electron chi connectivity index (χ1n) is 12.7. The molecule has 39 heavy (non-hydrogen) atoms. The van der Waals surface area contributed by atoms with Gasteiger partial charge < -0.3 is 20.4 Å². The number of para-hydroxylation sites is 2. The van der Waals surface area contributed by atoms with Gasteiger partial charge in [-0.3, -0.25) is 9.78 Å². The smallest absolute Gasteiger partial charge is 0.228 e. The number of anilines is 3. The van der Waals surface area contributed by atoms with Gasteiger partial charge >= 0.3 is 0 Å². The van der Waals surface area contributed by atoms with Crippen molar-refractivity contribution in [2.45, 2.75) is 6.42 Å². The normalized spacial score (nSPS) is 10.8. The van der Waals surface area contributed by atoms with E-state index in [4.69, 9.17) is 4.74 Å². The van der Waals surface area contributed by atoms with Crippen LogP contribution in [0.15, 0.2) is 128 Å². The van der Waals surface area contributed by atoms with E-state index in [1.807, 2.05) is 115 Å². The number of nitrogens with one attached hydrogen (secondary N) is 3. The summed E-state index contributed by atoms with van der Waals surface area (Å²) < 4.78 is 5.97. The van der Waals surface area contributed by atoms with Gasteiger partial charge in [0.25, 0.3) is 0 Å². The highest BCUT2D eigenvalue weighted by atomic mass is 16.5. The van der Waals surface area contributed by atoms with Gasteiger partial charge in [-0.2, -0.15) is 0 Å². The van der Waals surface area contributed by atoms with Crippen molar-refractivity contribution >= 4 is 33.9 Å². The quantitative estimate of drug-likeness (QED) is 0.194. The maximum Gasteiger partial charge on any atom is 0.228 e. The Morgan fingerprint density at radius 2 is 1.59 bits per heavy atom. The summed E-state index contributed by atoms with van der Waals surface area (Å²) in [7, 11) is 0. The van der Waals surface area contributed by atoms with Crippen LogP contribution in [0, 0.1) is 0 Å². The van der Waals surface area contributed by atoms with Crippen molar-refractivity contribution in [2.75, 3.05) is 10.6 Å². The van der Waals surface area contributed by atoms with Crippen LogP contribution in [0.3, 0.4) is 0 Å². The predicted octanol–water partition coefficient (Wildman–Crippen LogP) is 7.95. The van der Waals surface area contributed by atoms with Crippen LogP contribution in [0.2, 0.25) is 0 Å². The fourth-order valence-electron chi connectivity index (χ4n) is 4.55. The molecule has 6 aromatic rings. The number of nitrogens with zero attached hydrogens (tertiary/aromatic N) is 1. The average Bonchev–Trinajstić information content (AvgIpc) is 3.38. The molecular formula is C33H26N4O2. The van der Waals surface area contributed by atoms with Crippen molar-refractivity contribution in [1.82, 2.24) is 9.97 Å². The summed E-state index contributed by atoms with van der Waals surface area (Å²) in [6.45, 7) is 0. The highest BCUT2D eigenvalue weighted by molar-refractivity contribution is 5.97. The molecular weight excluding hydrogens is 484 g/mol. The van der Waals surface area contributed by atoms with E-state index < -0.39 is 0 Å². The topological polar surface area (TPSA) is 79.0 Å². The number of hydrogen-bond donors (Lipinski definition) is 3. The van der Waals surface area contributed by atoms with E-state index in [-0.39, 0.29) is 12.3 Å². The van der Waals surface area contributed by atoms with Gasteiger partial charge in [0, 0.05) is 40.2 Å². The number of carbonyl (C=O) groups is 1. The summed E-state index contributed by atoms with van der Waals surface area (Å²) in [5, 5.41) is 7.58. The van der Waals surface area contributed by atoms with E-state index >= 15 is 0 Å². The van der Waals surface area contributed by atoms with E-state index in [9.17, 15) is 4.79 Å². The molecule has 3 N–H and O–H groups in total. The third-order valence-electron chi connectivity index (χ3n) is 6.41. The molecule has 0 saturated heterocycles. The lowest BCUT2D eigenvalue weighted by molar-refractivity contribution is -0.115. The van der Waals surface area contributed by atoms with Crippen LogP contribution in [-0.4, -0.2) is 15.9 Å². The first-order chi connectivity index (χ1) is 19.2. The third-order valence-corrected chi connectivity index (χ3v) is 6.41. The molecule has 0 radical (unpaired) electrons. The molecule has 0 aliphatic carbocycles. The summed E-state index contributed by atoms with van der Waals surface area (Å²) >= 11 is 0. The summed E-state index contributed by atoms with van der Waals surface area (Å²) in [6, 6.07) is 35.3. The molecule has 4 aromatic carbocycles. The Hall–Kier alpha value is -5.36. The molecule has 0 saturated carbocycles. The molecule has 6 heteroatoms. The summed E-state index contributed by atoms with van der Waals surface area (Å²) in [5.74, 6) is 1.45. The van der Waals surface area contributed by atoms with Gasteiger partial charge in [0.1, 0.15) is 11.5 Å². The van der Waals surface area contributed by atoms with E-state index in [0.717, 1.165) is 56.2 Å². The van der Waals surface area contributed by atoms with Crippen LogP contribution in [0.25, 0.3) is 22.0 Å². The number of rotatable bonds is 8. The van der Waals surface area contributed by atoms with Crippen molar-refractivity contribution < 1.29 is 9.53 Å². The monoisotopic (exact) mass is 510 g/mol. The molecule has 190 valence electrons. The van der Waals surface area contributed by atoms with Crippen LogP contribution in [-0.2, 0) is 11.2 Å². The van der Waals surface area contributed by atoms with E-state index in [1.165, 1.54) is 0 Å². The molecule has 0 fully saturated rings. The van der Waals surface area contributed by atoms with Gasteiger partial charge in [-0.25, -0.2) is 0 Å². The number of hydrogen-bond acceptors (Lipinski definition) is 4. The van der Waals surface area contributed by atoms with Crippen LogP contribution < -0.4 is 15.4 Å². The molecule has 0 spiro atoms. The van der Waals surface area contributed by atoms with E-state index in [2.05, 4.69) is 20.6 Å². The Kier molecular flexibility index (Phi) is 6.74. The second kappa shape index (κ2) is 10.9. The minimum atomic E-state index is -0.0784. The number of amides is 1. The summed E-state index contributed by atoms with van der Waals surface area (Å²) in [4.78, 5) is 20.4. The van der Waals surface area contributed by atoms with Gasteiger partial charge in [0.05, 0.1) is 18.3 Å². The number of ether oxygens (including phenoxy) is 1. The molecule has 0 unspecified atom stereocenters. The lowest BCUT2D eigenvalue weighted by Gasteiger charge is -2.15. The number of aromatic amines is 1. The zero-order valence-electron chi connectivity index (χ0n) is 21.1. The second-order valence-corrected chi connectivity index (χ2v) is 9.15. The van der Waals surface area contributed by atoms with Gasteiger partial charge in [-0.05, 0) is 71.8 Å². The minimum absolute atomic E-state index is 0.0784. The van der Waals surface area contributed by atoms with Gasteiger partial charge in [0.2, 0.25) is 5.91 Å². The first-order valence-corrected chi connectivity index (χ1v) is 12.7. The van der Waals surface area contributed by atoms with E-state index in [0.29, 0.717) is 0 Å². The molecule has 6 rings (SSSR count). The van der Waals surface area contributed by atoms with Crippen molar-refractivity contribution in [3.63, 3.8) is 0 Å². The molecule has 0 aliphatic heterocycles. The number of fused-ring (bicyclic) bond motifs is 1. The highest BCUT2D eigenvalue weighted by Crippen LogP contribution is 2.34. The Balaban J connectivity index is 1.26. The van der Waals surface area contributed by atoms with Crippen molar-refractivity contribution in [3.8, 4) is 22.6 Å². The van der Waals surface area contributed by atoms with Crippen molar-refractivity contribution in [3.05, 3.63) is 133 Å². The molecule has 0 aliphatic rings. The first kappa shape index (κ1) is 24.0. The van der Waals surface area contributed by atoms with Gasteiger partial charge in [-0.1, -0.05) is 48.5 Å². The fraction of sp³-hybridized carbons (Fsp3) is 0.0303. The molecule has 1 amide bonds. The highest BCUT2D eigenvalue weighted by Gasteiger charge is 2.12. The minimum Gasteiger partial charge on any atom is -0.457 e. The molecule has 0 atom stereocenters. The van der Waals surface area contributed by atoms with E-state index in [1.54, 1.807) is 12.4 Å². The zero-order chi connectivity index (χ0) is 26.4. The molecule has 6 nitrogen and oxygen atoms in total. The molecule has 0 bridgehead atoms. The zero-order valence-corrected chi connectivity index (χ0v) is 21.1. The number of aromatic nitrogens is 2. The Bertz CT molecular complexity index is 1710. The number of carbonyl (C=O) groups excluding carboxylic acids is 1. The van der Waals surface area contributed by atoms with Crippen LogP contribution in [0.4, 0.5) is 17.1 Å². The van der Waals surface area contributed by atoms with Crippen LogP contribution in [0.1, 0.15) is 5.56 Å². The largest absolute Gasteiger partial charge is 0.457 e. The van der Waals surface area contributed by atoms with Gasteiger partial charge in [0.15, 0.2) is 0 Å². The number of benzene rings is 4. The molecule has 2 aromatic heterocycles. The van der Waals surface area contributed by atoms with Gasteiger partial charge in [-0.15, -0.1) is 0 Å². The maximum atomic E-state index is 13.0. The van der Waals surface area contributed by atoms with Crippen molar-refractivity contribution in [2.24, 2.45) is 0 Å². The summed E-state index contributed by atoms with van der Waals surface area (Å²) in [5.41, 5.74) is 6.40. The SMILES string of the molecule is O=C(Cc1c[nH]c2ccccc12)Nc1ccc(Nc2cccnc2)c(-c2ccc(Oc3ccccc3)cc2)c1. The number of pyridine rings is 1. The third kappa shape index (κ3) is 5.65. The van der Waals surface area contributed by atoms with Crippen molar-refractivity contribution in [1.29, 1.82) is 0 Å². The Labute approximate surface area is 226 Å². The predicted molar refractivity (Wildman–Crippen MR) is 157 cm³/mol. The number of H-pyrrole nitrogens is 1. The maximum absolute atomic E-state index is 13.0. The lowest BCUT2D eigenvalue weighted by Crippen LogP contribution is -2.14. The molecule has 2 heterocycles. The Morgan fingerprint density at radius 1 is 0.795 bits per heavy atom. The standard InChI is InChI=1S/C33H26N4O2/c38-33(19-24-21-35-31-11-5-4-10-29(24)31)37-25-14-17-32(36-26-7-6-18-34-22-26)30(20-25)23-12-15-28(16-13-23)39-27-8-2-1-3-9-27/h1-18,20-22,35-36H,19H2,(H,37,38). The Morgan fingerprint density at radius 3 is 2.41 bits per heavy atom. The fourth-order valence-corrected chi connectivity index (χ4v) is 4.55. The summed E-state index contributed by atoms with van der Waals surface area (Å²) in [6.07, 6.45) is 5.69. The van der Waals surface area contributed by atoms with Crippen LogP contribution >= 0.6 is 0 Å². The second-order valence-electron chi connectivity index (χ2n) is 9.15. The lowest BCUT2D eigenvalue weighted by atomic mass is 10.0. The van der Waals surface area contributed by atoms with Crippen LogP contribution in [0.5, 0.6) is 11.5 Å².